The zero-order valence-corrected chi connectivity index (χ0v) is 10.8. The Kier molecular flexibility index (Phi) is 4.89. The maximum atomic E-state index is 4.07. The van der Waals surface area contributed by atoms with Crippen LogP contribution in [-0.4, -0.2) is 51.9 Å². The molecule has 0 aliphatic rings. The zero-order valence-electron chi connectivity index (χ0n) is 10.8. The first kappa shape index (κ1) is 13.1. The van der Waals surface area contributed by atoms with Crippen molar-refractivity contribution in [3.63, 3.8) is 0 Å². The molecule has 92 valence electrons. The van der Waals surface area contributed by atoms with Gasteiger partial charge in [-0.25, -0.2) is 4.98 Å². The second kappa shape index (κ2) is 5.96. The van der Waals surface area contributed by atoms with E-state index >= 15 is 0 Å². The second-order valence-corrected chi connectivity index (χ2v) is 5.14. The average Bonchev–Trinajstić information content (AvgIpc) is 2.65. The van der Waals surface area contributed by atoms with Crippen LogP contribution in [-0.2, 0) is 6.54 Å². The minimum atomic E-state index is 0.201. The van der Waals surface area contributed by atoms with Gasteiger partial charge in [0, 0.05) is 25.2 Å². The summed E-state index contributed by atoms with van der Waals surface area (Å²) >= 11 is 0. The Morgan fingerprint density at radius 1 is 1.31 bits per heavy atom. The molecule has 16 heavy (non-hydrogen) atoms. The number of aromatic nitrogens is 3. The van der Waals surface area contributed by atoms with Gasteiger partial charge in [0.25, 0.3) is 0 Å². The third kappa shape index (κ3) is 5.82. The number of hydrogen-bond donors (Lipinski definition) is 1. The molecule has 0 aliphatic heterocycles. The maximum absolute atomic E-state index is 4.07. The Labute approximate surface area is 97.9 Å². The summed E-state index contributed by atoms with van der Waals surface area (Å²) in [6, 6.07) is 0. The van der Waals surface area contributed by atoms with Gasteiger partial charge in [-0.2, -0.15) is 5.10 Å². The summed E-state index contributed by atoms with van der Waals surface area (Å²) in [7, 11) is 2.13. The Morgan fingerprint density at radius 2 is 2.06 bits per heavy atom. The fraction of sp³-hybridized carbons (Fsp3) is 0.818. The molecule has 0 unspecified atom stereocenters. The number of hydrogen-bond acceptors (Lipinski definition) is 4. The molecule has 1 aromatic rings. The summed E-state index contributed by atoms with van der Waals surface area (Å²) < 4.78 is 1.85. The lowest BCUT2D eigenvalue weighted by molar-refractivity contribution is 0.294. The second-order valence-electron chi connectivity index (χ2n) is 5.14. The fourth-order valence-electron chi connectivity index (χ4n) is 1.35. The van der Waals surface area contributed by atoms with Crippen molar-refractivity contribution in [2.45, 2.75) is 32.9 Å². The standard InChI is InChI=1S/C11H23N5/c1-11(2,3)13-5-6-15(4)7-8-16-10-12-9-14-16/h9-10,13H,5-8H2,1-4H3. The lowest BCUT2D eigenvalue weighted by Gasteiger charge is -2.23. The van der Waals surface area contributed by atoms with Crippen molar-refractivity contribution in [3.05, 3.63) is 12.7 Å². The lowest BCUT2D eigenvalue weighted by atomic mass is 10.1. The summed E-state index contributed by atoms with van der Waals surface area (Å²) in [5.74, 6) is 0. The third-order valence-electron chi connectivity index (χ3n) is 2.33. The van der Waals surface area contributed by atoms with Gasteiger partial charge in [0.15, 0.2) is 0 Å². The van der Waals surface area contributed by atoms with Gasteiger partial charge in [0.2, 0.25) is 0 Å². The van der Waals surface area contributed by atoms with Gasteiger partial charge in [0.1, 0.15) is 12.7 Å². The van der Waals surface area contributed by atoms with Crippen LogP contribution in [0.25, 0.3) is 0 Å². The minimum absolute atomic E-state index is 0.201. The van der Waals surface area contributed by atoms with Gasteiger partial charge in [-0.15, -0.1) is 0 Å². The normalized spacial score (nSPS) is 12.3. The van der Waals surface area contributed by atoms with E-state index in [4.69, 9.17) is 0 Å². The van der Waals surface area contributed by atoms with Crippen molar-refractivity contribution in [3.8, 4) is 0 Å². The summed E-state index contributed by atoms with van der Waals surface area (Å²) in [6.07, 6.45) is 3.32. The fourth-order valence-corrected chi connectivity index (χ4v) is 1.35. The van der Waals surface area contributed by atoms with Crippen molar-refractivity contribution in [2.24, 2.45) is 0 Å². The van der Waals surface area contributed by atoms with Crippen LogP contribution in [0.5, 0.6) is 0 Å². The quantitative estimate of drug-likeness (QED) is 0.770. The Morgan fingerprint density at radius 3 is 2.62 bits per heavy atom. The molecule has 5 nitrogen and oxygen atoms in total. The van der Waals surface area contributed by atoms with Gasteiger partial charge in [-0.1, -0.05) is 0 Å². The molecule has 0 bridgehead atoms. The summed E-state index contributed by atoms with van der Waals surface area (Å²) in [5, 5.41) is 7.54. The predicted octanol–water partition coefficient (Wildman–Crippen LogP) is 0.598. The summed E-state index contributed by atoms with van der Waals surface area (Å²) in [4.78, 5) is 6.21. The Hall–Kier alpha value is -0.940. The first-order valence-corrected chi connectivity index (χ1v) is 5.73. The SMILES string of the molecule is CN(CCNC(C)(C)C)CCn1cncn1. The number of nitrogens with zero attached hydrogens (tertiary/aromatic N) is 4. The lowest BCUT2D eigenvalue weighted by Crippen LogP contribution is -2.41. The highest BCUT2D eigenvalue weighted by Crippen LogP contribution is 1.97. The molecule has 1 rings (SSSR count). The van der Waals surface area contributed by atoms with Gasteiger partial charge in [-0.05, 0) is 27.8 Å². The zero-order chi connectivity index (χ0) is 12.0. The van der Waals surface area contributed by atoms with Gasteiger partial charge in [0.05, 0.1) is 6.54 Å². The van der Waals surface area contributed by atoms with E-state index in [1.165, 1.54) is 0 Å². The molecule has 1 aromatic heterocycles. The summed E-state index contributed by atoms with van der Waals surface area (Å²) in [5.41, 5.74) is 0.201. The van der Waals surface area contributed by atoms with E-state index < -0.39 is 0 Å². The van der Waals surface area contributed by atoms with Crippen LogP contribution >= 0.6 is 0 Å². The van der Waals surface area contributed by atoms with Crippen LogP contribution in [0, 0.1) is 0 Å². The van der Waals surface area contributed by atoms with E-state index in [0.717, 1.165) is 26.2 Å². The molecule has 0 aromatic carbocycles. The highest BCUT2D eigenvalue weighted by molar-refractivity contribution is 4.70. The molecule has 0 aliphatic carbocycles. The van der Waals surface area contributed by atoms with Crippen LogP contribution in [0.1, 0.15) is 20.8 Å². The molecule has 5 heteroatoms. The van der Waals surface area contributed by atoms with Crippen LogP contribution < -0.4 is 5.32 Å². The maximum Gasteiger partial charge on any atom is 0.137 e. The van der Waals surface area contributed by atoms with E-state index in [9.17, 15) is 0 Å². The van der Waals surface area contributed by atoms with Crippen molar-refractivity contribution >= 4 is 0 Å². The monoisotopic (exact) mass is 225 g/mol. The van der Waals surface area contributed by atoms with Gasteiger partial charge >= 0.3 is 0 Å². The van der Waals surface area contributed by atoms with E-state index in [2.05, 4.69) is 48.1 Å². The topological polar surface area (TPSA) is 46.0 Å². The molecule has 0 saturated carbocycles. The largest absolute Gasteiger partial charge is 0.311 e. The van der Waals surface area contributed by atoms with E-state index in [-0.39, 0.29) is 5.54 Å². The van der Waals surface area contributed by atoms with Crippen LogP contribution in [0.4, 0.5) is 0 Å². The third-order valence-corrected chi connectivity index (χ3v) is 2.33. The van der Waals surface area contributed by atoms with Crippen molar-refractivity contribution in [1.29, 1.82) is 0 Å². The van der Waals surface area contributed by atoms with Gasteiger partial charge < -0.3 is 10.2 Å². The number of likely N-dealkylation sites (N-methyl/N-ethyl adjacent to an activating group) is 1. The average molecular weight is 225 g/mol. The molecule has 0 fully saturated rings. The number of rotatable bonds is 6. The molecular formula is C11H23N5. The van der Waals surface area contributed by atoms with Crippen LogP contribution in [0.2, 0.25) is 0 Å². The first-order chi connectivity index (χ1) is 7.47. The molecule has 0 radical (unpaired) electrons. The highest BCUT2D eigenvalue weighted by atomic mass is 15.3. The van der Waals surface area contributed by atoms with E-state index in [0.29, 0.717) is 0 Å². The highest BCUT2D eigenvalue weighted by Gasteiger charge is 2.08. The molecule has 0 amide bonds. The van der Waals surface area contributed by atoms with Gasteiger partial charge in [-0.3, -0.25) is 4.68 Å². The predicted molar refractivity (Wildman–Crippen MR) is 65.3 cm³/mol. The van der Waals surface area contributed by atoms with Crippen LogP contribution in [0.15, 0.2) is 12.7 Å². The molecule has 0 saturated heterocycles. The molecule has 1 N–H and O–H groups in total. The van der Waals surface area contributed by atoms with Crippen molar-refractivity contribution < 1.29 is 0 Å². The van der Waals surface area contributed by atoms with E-state index in [1.54, 1.807) is 12.7 Å². The molecule has 1 heterocycles. The first-order valence-electron chi connectivity index (χ1n) is 5.73. The Balaban J connectivity index is 2.09. The van der Waals surface area contributed by atoms with Crippen molar-refractivity contribution in [2.75, 3.05) is 26.7 Å². The van der Waals surface area contributed by atoms with E-state index in [1.807, 2.05) is 4.68 Å². The summed E-state index contributed by atoms with van der Waals surface area (Å²) in [6.45, 7) is 10.5. The minimum Gasteiger partial charge on any atom is -0.311 e. The molecule has 0 atom stereocenters. The van der Waals surface area contributed by atoms with Crippen molar-refractivity contribution in [1.82, 2.24) is 25.0 Å². The molecular weight excluding hydrogens is 202 g/mol. The molecule has 0 spiro atoms. The Bertz CT molecular complexity index is 275. The van der Waals surface area contributed by atoms with Crippen LogP contribution in [0.3, 0.4) is 0 Å². The number of nitrogens with one attached hydrogen (secondary N) is 1. The smallest absolute Gasteiger partial charge is 0.137 e.